The Morgan fingerprint density at radius 1 is 1.42 bits per heavy atom. The van der Waals surface area contributed by atoms with Crippen LogP contribution in [0.1, 0.15) is 12.5 Å². The molecule has 2 rings (SSSR count). The first kappa shape index (κ1) is 17.8. The highest BCUT2D eigenvalue weighted by molar-refractivity contribution is 5.92. The van der Waals surface area contributed by atoms with Gasteiger partial charge in [0.05, 0.1) is 26.9 Å². The van der Waals surface area contributed by atoms with Gasteiger partial charge in [0, 0.05) is 12.6 Å². The Balaban J connectivity index is 2.04. The first-order valence-corrected chi connectivity index (χ1v) is 7.67. The number of ether oxygens (including phenoxy) is 3. The maximum atomic E-state index is 12.2. The van der Waals surface area contributed by atoms with Crippen molar-refractivity contribution in [2.24, 2.45) is 0 Å². The van der Waals surface area contributed by atoms with Crippen LogP contribution in [0.3, 0.4) is 0 Å². The van der Waals surface area contributed by atoms with Crippen molar-refractivity contribution in [3.8, 4) is 11.5 Å². The Bertz CT molecular complexity index is 628. The van der Waals surface area contributed by atoms with Gasteiger partial charge in [-0.2, -0.15) is 0 Å². The largest absolute Gasteiger partial charge is 0.493 e. The molecule has 0 radical (unpaired) electrons. The van der Waals surface area contributed by atoms with Gasteiger partial charge < -0.3 is 24.2 Å². The Morgan fingerprint density at radius 3 is 2.88 bits per heavy atom. The summed E-state index contributed by atoms with van der Waals surface area (Å²) in [6, 6.07) is 5.37. The van der Waals surface area contributed by atoms with Gasteiger partial charge in [0.15, 0.2) is 17.6 Å². The molecule has 0 aromatic heterocycles. The highest BCUT2D eigenvalue weighted by Crippen LogP contribution is 2.28. The molecule has 1 aliphatic heterocycles. The van der Waals surface area contributed by atoms with Crippen molar-refractivity contribution in [2.75, 3.05) is 33.4 Å². The van der Waals surface area contributed by atoms with Crippen LogP contribution in [0.5, 0.6) is 11.5 Å². The van der Waals surface area contributed by atoms with Crippen LogP contribution in [0.4, 0.5) is 0 Å². The van der Waals surface area contributed by atoms with Crippen LogP contribution in [0.2, 0.25) is 0 Å². The second kappa shape index (κ2) is 8.35. The molecule has 1 atom stereocenters. The Labute approximate surface area is 140 Å². The molecular formula is C17H21NO6. The summed E-state index contributed by atoms with van der Waals surface area (Å²) in [7, 11) is 1.55. The maximum Gasteiger partial charge on any atom is 0.334 e. The molecule has 0 saturated carbocycles. The number of benzene rings is 1. The number of rotatable bonds is 6. The van der Waals surface area contributed by atoms with E-state index in [-0.39, 0.29) is 19.1 Å². The number of hydrogen-bond acceptors (Lipinski definition) is 5. The topological polar surface area (TPSA) is 85.3 Å². The summed E-state index contributed by atoms with van der Waals surface area (Å²) in [5, 5.41) is 8.97. The van der Waals surface area contributed by atoms with Crippen molar-refractivity contribution in [1.82, 2.24) is 4.90 Å². The van der Waals surface area contributed by atoms with Gasteiger partial charge in [-0.05, 0) is 30.7 Å². The number of hydrogen-bond donors (Lipinski definition) is 1. The number of morpholine rings is 1. The lowest BCUT2D eigenvalue weighted by atomic mass is 10.1. The van der Waals surface area contributed by atoms with Crippen LogP contribution < -0.4 is 9.47 Å². The van der Waals surface area contributed by atoms with E-state index in [1.165, 1.54) is 11.0 Å². The Morgan fingerprint density at radius 2 is 2.21 bits per heavy atom. The summed E-state index contributed by atoms with van der Waals surface area (Å²) in [5.41, 5.74) is 0.784. The van der Waals surface area contributed by atoms with E-state index in [2.05, 4.69) is 0 Å². The van der Waals surface area contributed by atoms with E-state index in [9.17, 15) is 9.59 Å². The van der Waals surface area contributed by atoms with Gasteiger partial charge in [-0.15, -0.1) is 0 Å². The van der Waals surface area contributed by atoms with E-state index in [1.54, 1.807) is 25.3 Å². The van der Waals surface area contributed by atoms with E-state index < -0.39 is 12.1 Å². The van der Waals surface area contributed by atoms with Crippen LogP contribution in [0.15, 0.2) is 24.3 Å². The molecule has 7 nitrogen and oxygen atoms in total. The number of amides is 1. The molecule has 7 heteroatoms. The van der Waals surface area contributed by atoms with Gasteiger partial charge in [0.1, 0.15) is 0 Å². The fourth-order valence-corrected chi connectivity index (χ4v) is 2.33. The zero-order valence-electron chi connectivity index (χ0n) is 13.7. The minimum absolute atomic E-state index is 0.0467. The smallest absolute Gasteiger partial charge is 0.334 e. The van der Waals surface area contributed by atoms with E-state index in [1.807, 2.05) is 13.0 Å². The molecular weight excluding hydrogens is 314 g/mol. The van der Waals surface area contributed by atoms with Crippen molar-refractivity contribution in [1.29, 1.82) is 0 Å². The van der Waals surface area contributed by atoms with Gasteiger partial charge in [-0.25, -0.2) is 4.79 Å². The number of aliphatic carboxylic acids is 1. The van der Waals surface area contributed by atoms with E-state index >= 15 is 0 Å². The molecule has 1 N–H and O–H groups in total. The standard InChI is InChI=1S/C17H21NO6/c1-3-23-13-6-4-12(10-14(13)22-2)5-7-16(19)18-8-9-24-15(11-18)17(20)21/h4-7,10,15H,3,8-9,11H2,1-2H3,(H,20,21)/b7-5+. The summed E-state index contributed by atoms with van der Waals surface area (Å²) < 4.78 is 15.8. The molecule has 0 bridgehead atoms. The zero-order valence-corrected chi connectivity index (χ0v) is 13.7. The highest BCUT2D eigenvalue weighted by atomic mass is 16.5. The second-order valence-electron chi connectivity index (χ2n) is 5.16. The molecule has 1 aromatic carbocycles. The third-order valence-electron chi connectivity index (χ3n) is 3.56. The summed E-state index contributed by atoms with van der Waals surface area (Å²) in [5.74, 6) is -0.0881. The lowest BCUT2D eigenvalue weighted by molar-refractivity contribution is -0.158. The molecule has 1 aliphatic rings. The van der Waals surface area contributed by atoms with Gasteiger partial charge >= 0.3 is 5.97 Å². The fraction of sp³-hybridized carbons (Fsp3) is 0.412. The predicted molar refractivity (Wildman–Crippen MR) is 87.2 cm³/mol. The number of nitrogens with zero attached hydrogens (tertiary/aromatic N) is 1. The minimum atomic E-state index is -1.06. The SMILES string of the molecule is CCOc1ccc(/C=C/C(=O)N2CCOC(C(=O)O)C2)cc1OC. The number of carbonyl (C=O) groups excluding carboxylic acids is 1. The van der Waals surface area contributed by atoms with Gasteiger partial charge in [0.2, 0.25) is 5.91 Å². The van der Waals surface area contributed by atoms with Crippen LogP contribution >= 0.6 is 0 Å². The van der Waals surface area contributed by atoms with Gasteiger partial charge in [-0.3, -0.25) is 4.79 Å². The Kier molecular flexibility index (Phi) is 6.20. The molecule has 130 valence electrons. The summed E-state index contributed by atoms with van der Waals surface area (Å²) in [6.45, 7) is 3.06. The second-order valence-corrected chi connectivity index (χ2v) is 5.16. The molecule has 1 amide bonds. The van der Waals surface area contributed by atoms with Crippen LogP contribution in [-0.4, -0.2) is 61.4 Å². The molecule has 1 saturated heterocycles. The monoisotopic (exact) mass is 335 g/mol. The molecule has 1 fully saturated rings. The lowest BCUT2D eigenvalue weighted by Gasteiger charge is -2.30. The van der Waals surface area contributed by atoms with Gasteiger partial charge in [0.25, 0.3) is 0 Å². The van der Waals surface area contributed by atoms with Crippen molar-refractivity contribution < 1.29 is 28.9 Å². The number of carboxylic acid groups (broad SMARTS) is 1. The normalized spacial score (nSPS) is 17.8. The van der Waals surface area contributed by atoms with Crippen LogP contribution in [0, 0.1) is 0 Å². The molecule has 1 heterocycles. The predicted octanol–water partition coefficient (Wildman–Crippen LogP) is 1.42. The van der Waals surface area contributed by atoms with E-state index in [0.29, 0.717) is 24.7 Å². The number of carboxylic acids is 1. The summed E-state index contributed by atoms with van der Waals surface area (Å²) in [6.07, 6.45) is 2.10. The van der Waals surface area contributed by atoms with Crippen LogP contribution in [0.25, 0.3) is 6.08 Å². The van der Waals surface area contributed by atoms with Crippen molar-refractivity contribution in [3.63, 3.8) is 0 Å². The first-order chi connectivity index (χ1) is 11.5. The highest BCUT2D eigenvalue weighted by Gasteiger charge is 2.27. The number of carbonyl (C=O) groups is 2. The molecule has 1 aromatic rings. The molecule has 0 aliphatic carbocycles. The Hall–Kier alpha value is -2.54. The van der Waals surface area contributed by atoms with E-state index in [0.717, 1.165) is 5.56 Å². The summed E-state index contributed by atoms with van der Waals surface area (Å²) >= 11 is 0. The number of methoxy groups -OCH3 is 1. The third-order valence-corrected chi connectivity index (χ3v) is 3.56. The third kappa shape index (κ3) is 4.48. The molecule has 0 spiro atoms. The zero-order chi connectivity index (χ0) is 17.5. The average molecular weight is 335 g/mol. The van der Waals surface area contributed by atoms with Crippen LogP contribution in [-0.2, 0) is 14.3 Å². The fourth-order valence-electron chi connectivity index (χ4n) is 2.33. The minimum Gasteiger partial charge on any atom is -0.493 e. The quantitative estimate of drug-likeness (QED) is 0.792. The average Bonchev–Trinajstić information content (AvgIpc) is 2.60. The van der Waals surface area contributed by atoms with E-state index in [4.69, 9.17) is 19.3 Å². The summed E-state index contributed by atoms with van der Waals surface area (Å²) in [4.78, 5) is 24.6. The first-order valence-electron chi connectivity index (χ1n) is 7.67. The lowest BCUT2D eigenvalue weighted by Crippen LogP contribution is -2.48. The van der Waals surface area contributed by atoms with Crippen molar-refractivity contribution in [2.45, 2.75) is 13.0 Å². The maximum absolute atomic E-state index is 12.2. The molecule has 1 unspecified atom stereocenters. The van der Waals surface area contributed by atoms with Crippen molar-refractivity contribution in [3.05, 3.63) is 29.8 Å². The molecule has 24 heavy (non-hydrogen) atoms. The van der Waals surface area contributed by atoms with Crippen molar-refractivity contribution >= 4 is 18.0 Å². The van der Waals surface area contributed by atoms with Gasteiger partial charge in [-0.1, -0.05) is 6.07 Å².